The maximum absolute atomic E-state index is 13.5. The van der Waals surface area contributed by atoms with Crippen LogP contribution in [-0.2, 0) is 0 Å². The fraction of sp³-hybridized carbons (Fsp3) is 0.0667. The zero-order valence-electron chi connectivity index (χ0n) is 18.9. The van der Waals surface area contributed by atoms with Crippen LogP contribution in [0.3, 0.4) is 0 Å². The number of carbonyl (C=O) groups is 1. The lowest BCUT2D eigenvalue weighted by molar-refractivity contribution is 0.0737. The van der Waals surface area contributed by atoms with Crippen molar-refractivity contribution in [3.63, 3.8) is 0 Å². The highest BCUT2D eigenvalue weighted by Crippen LogP contribution is 2.29. The van der Waals surface area contributed by atoms with Crippen molar-refractivity contribution in [2.75, 3.05) is 0 Å². The molecule has 0 bridgehead atoms. The van der Waals surface area contributed by atoms with Crippen molar-refractivity contribution in [2.24, 2.45) is 0 Å². The zero-order chi connectivity index (χ0) is 23.7. The summed E-state index contributed by atoms with van der Waals surface area (Å²) in [5.74, 6) is -0.328. The van der Waals surface area contributed by atoms with Crippen LogP contribution in [0.4, 0.5) is 4.39 Å². The van der Waals surface area contributed by atoms with Gasteiger partial charge in [0.05, 0.1) is 16.8 Å². The summed E-state index contributed by atoms with van der Waals surface area (Å²) < 4.78 is 19.2. The molecule has 0 aliphatic rings. The molecule has 0 radical (unpaired) electrons. The lowest BCUT2D eigenvalue weighted by Crippen LogP contribution is -2.10. The number of carbonyl (C=O) groups excluding carboxylic acids is 1. The molecule has 0 aliphatic heterocycles. The molecule has 166 valence electrons. The molecule has 0 saturated heterocycles. The fourth-order valence-electron chi connectivity index (χ4n) is 4.13. The number of aromatic nitrogens is 1. The van der Waals surface area contributed by atoms with Gasteiger partial charge in [-0.2, -0.15) is 0 Å². The van der Waals surface area contributed by atoms with E-state index < -0.39 is 5.97 Å². The second-order valence-corrected chi connectivity index (χ2v) is 8.32. The molecule has 0 unspecified atom stereocenters. The van der Waals surface area contributed by atoms with E-state index >= 15 is 0 Å². The fourth-order valence-corrected chi connectivity index (χ4v) is 4.13. The monoisotopic (exact) mass is 447 g/mol. The highest BCUT2D eigenvalue weighted by atomic mass is 19.1. The van der Waals surface area contributed by atoms with E-state index in [0.717, 1.165) is 38.7 Å². The molecule has 1 aromatic heterocycles. The van der Waals surface area contributed by atoms with Crippen molar-refractivity contribution in [3.8, 4) is 28.1 Å². The molecule has 0 N–H and O–H groups in total. The zero-order valence-corrected chi connectivity index (χ0v) is 18.9. The Hall–Kier alpha value is -4.31. The van der Waals surface area contributed by atoms with Crippen molar-refractivity contribution >= 4 is 16.9 Å². The third-order valence-corrected chi connectivity index (χ3v) is 5.78. The first kappa shape index (κ1) is 21.5. The molecule has 5 aromatic rings. The number of esters is 1. The first-order valence-electron chi connectivity index (χ1n) is 11.0. The van der Waals surface area contributed by atoms with Gasteiger partial charge in [-0.3, -0.25) is 0 Å². The van der Waals surface area contributed by atoms with Gasteiger partial charge in [0, 0.05) is 10.9 Å². The number of halogens is 1. The Labute approximate surface area is 197 Å². The smallest absolute Gasteiger partial charge is 0.344 e. The minimum atomic E-state index is -0.465. The number of hydrogen-bond acceptors (Lipinski definition) is 3. The first-order valence-corrected chi connectivity index (χ1v) is 11.0. The summed E-state index contributed by atoms with van der Waals surface area (Å²) in [4.78, 5) is 18.1. The van der Waals surface area contributed by atoms with E-state index in [9.17, 15) is 9.18 Å². The maximum atomic E-state index is 13.5. The third kappa shape index (κ3) is 4.30. The number of benzene rings is 4. The Kier molecular flexibility index (Phi) is 5.64. The molecule has 3 nitrogen and oxygen atoms in total. The van der Waals surface area contributed by atoms with E-state index in [-0.39, 0.29) is 5.82 Å². The molecule has 0 atom stereocenters. The molecule has 0 fully saturated rings. The summed E-state index contributed by atoms with van der Waals surface area (Å²) >= 11 is 0. The van der Waals surface area contributed by atoms with Gasteiger partial charge in [-0.25, -0.2) is 14.2 Å². The summed E-state index contributed by atoms with van der Waals surface area (Å²) in [7, 11) is 0. The van der Waals surface area contributed by atoms with Crippen molar-refractivity contribution < 1.29 is 13.9 Å². The van der Waals surface area contributed by atoms with Crippen LogP contribution < -0.4 is 4.74 Å². The second-order valence-electron chi connectivity index (χ2n) is 8.32. The van der Waals surface area contributed by atoms with Gasteiger partial charge < -0.3 is 4.74 Å². The summed E-state index contributed by atoms with van der Waals surface area (Å²) in [5, 5.41) is 0.731. The molecule has 0 aliphatic carbocycles. The average molecular weight is 448 g/mol. The SMILES string of the molecule is Cc1cc(C)c2nc(-c3ccc(F)cc3)cc(C(=O)Oc3ccc(-c4ccccc4)cc3)c2c1. The highest BCUT2D eigenvalue weighted by molar-refractivity contribution is 6.06. The molecular weight excluding hydrogens is 425 g/mol. The molecule has 1 heterocycles. The van der Waals surface area contributed by atoms with Crippen LogP contribution in [0.2, 0.25) is 0 Å². The van der Waals surface area contributed by atoms with E-state index in [2.05, 4.69) is 0 Å². The molecule has 34 heavy (non-hydrogen) atoms. The van der Waals surface area contributed by atoms with Gasteiger partial charge in [0.15, 0.2) is 0 Å². The van der Waals surface area contributed by atoms with Crippen LogP contribution in [0.25, 0.3) is 33.3 Å². The third-order valence-electron chi connectivity index (χ3n) is 5.78. The maximum Gasteiger partial charge on any atom is 0.344 e. The normalized spacial score (nSPS) is 10.9. The number of pyridine rings is 1. The molecule has 4 aromatic carbocycles. The Morgan fingerprint density at radius 3 is 2.12 bits per heavy atom. The number of fused-ring (bicyclic) bond motifs is 1. The summed E-state index contributed by atoms with van der Waals surface area (Å²) in [5.41, 5.74) is 6.58. The average Bonchev–Trinajstić information content (AvgIpc) is 2.85. The predicted octanol–water partition coefficient (Wildman–Crippen LogP) is 7.54. The number of rotatable bonds is 4. The lowest BCUT2D eigenvalue weighted by Gasteiger charge is -2.13. The minimum Gasteiger partial charge on any atom is -0.423 e. The van der Waals surface area contributed by atoms with Crippen LogP contribution >= 0.6 is 0 Å². The number of ether oxygens (including phenoxy) is 1. The van der Waals surface area contributed by atoms with E-state index in [1.807, 2.05) is 68.4 Å². The van der Waals surface area contributed by atoms with Crippen molar-refractivity contribution in [2.45, 2.75) is 13.8 Å². The van der Waals surface area contributed by atoms with E-state index in [0.29, 0.717) is 17.0 Å². The first-order chi connectivity index (χ1) is 16.5. The molecule has 4 heteroatoms. The van der Waals surface area contributed by atoms with E-state index in [4.69, 9.17) is 9.72 Å². The van der Waals surface area contributed by atoms with Crippen molar-refractivity contribution in [3.05, 3.63) is 120 Å². The highest BCUT2D eigenvalue weighted by Gasteiger charge is 2.18. The second kappa shape index (κ2) is 8.91. The number of nitrogens with zero attached hydrogens (tertiary/aromatic N) is 1. The number of aryl methyl sites for hydroxylation is 2. The van der Waals surface area contributed by atoms with E-state index in [1.54, 1.807) is 30.3 Å². The van der Waals surface area contributed by atoms with Crippen LogP contribution in [0.1, 0.15) is 21.5 Å². The largest absolute Gasteiger partial charge is 0.423 e. The number of hydrogen-bond donors (Lipinski definition) is 0. The topological polar surface area (TPSA) is 39.2 Å². The van der Waals surface area contributed by atoms with Gasteiger partial charge in [0.1, 0.15) is 11.6 Å². The van der Waals surface area contributed by atoms with Gasteiger partial charge in [0.25, 0.3) is 0 Å². The van der Waals surface area contributed by atoms with E-state index in [1.165, 1.54) is 12.1 Å². The van der Waals surface area contributed by atoms with Crippen molar-refractivity contribution in [1.29, 1.82) is 0 Å². The van der Waals surface area contributed by atoms with Crippen LogP contribution in [-0.4, -0.2) is 11.0 Å². The van der Waals surface area contributed by atoms with Crippen LogP contribution in [0, 0.1) is 19.7 Å². The Balaban J connectivity index is 1.54. The molecular formula is C30H22FNO2. The Morgan fingerprint density at radius 2 is 1.41 bits per heavy atom. The Bertz CT molecular complexity index is 1490. The minimum absolute atomic E-state index is 0.324. The summed E-state index contributed by atoms with van der Waals surface area (Å²) in [6.07, 6.45) is 0. The summed E-state index contributed by atoms with van der Waals surface area (Å²) in [6, 6.07) is 29.2. The molecule has 0 saturated carbocycles. The standard InChI is InChI=1S/C30H22FNO2/c1-19-16-20(2)29-26(17-19)27(18-28(32-29)23-8-12-24(31)13-9-23)30(33)34-25-14-10-22(11-15-25)21-6-4-3-5-7-21/h3-18H,1-2H3. The van der Waals surface area contributed by atoms with Crippen LogP contribution in [0.5, 0.6) is 5.75 Å². The van der Waals surface area contributed by atoms with Crippen LogP contribution in [0.15, 0.2) is 97.1 Å². The van der Waals surface area contributed by atoms with Gasteiger partial charge in [-0.15, -0.1) is 0 Å². The van der Waals surface area contributed by atoms with Gasteiger partial charge in [-0.1, -0.05) is 54.1 Å². The molecule has 5 rings (SSSR count). The van der Waals surface area contributed by atoms with Crippen molar-refractivity contribution in [1.82, 2.24) is 4.98 Å². The molecule has 0 spiro atoms. The van der Waals surface area contributed by atoms with Gasteiger partial charge in [0.2, 0.25) is 0 Å². The predicted molar refractivity (Wildman–Crippen MR) is 133 cm³/mol. The van der Waals surface area contributed by atoms with Gasteiger partial charge in [-0.05, 0) is 79.1 Å². The van der Waals surface area contributed by atoms with Gasteiger partial charge >= 0.3 is 5.97 Å². The lowest BCUT2D eigenvalue weighted by atomic mass is 10.00. The summed E-state index contributed by atoms with van der Waals surface area (Å²) in [6.45, 7) is 3.95. The quantitative estimate of drug-likeness (QED) is 0.211. The Morgan fingerprint density at radius 1 is 0.765 bits per heavy atom. The molecule has 0 amide bonds.